The van der Waals surface area contributed by atoms with Crippen molar-refractivity contribution in [3.63, 3.8) is 0 Å². The molecule has 0 bridgehead atoms. The summed E-state index contributed by atoms with van der Waals surface area (Å²) in [5.41, 5.74) is 5.33. The summed E-state index contributed by atoms with van der Waals surface area (Å²) >= 11 is 0. The summed E-state index contributed by atoms with van der Waals surface area (Å²) in [7, 11) is 1.80. The number of carbonyl (C=O) groups is 1. The first-order chi connectivity index (χ1) is 21.8. The molecule has 228 valence electrons. The first-order valence-corrected chi connectivity index (χ1v) is 14.9. The summed E-state index contributed by atoms with van der Waals surface area (Å²) in [4.78, 5) is 13.1. The second kappa shape index (κ2) is 11.5. The van der Waals surface area contributed by atoms with E-state index >= 15 is 4.39 Å². The standard InChI is InChI=1S/C36H31F2N3O4/c1-21-32-30(39-40(21)2)20-44-19-23-9-4-3-8-22(23)18-41-34-27(13-14-29(38)33(32)34)26(35(41)36(42)43)12-7-17-45-31-16-15-28(37)24-10-5-6-11-25(24)31/h3-6,8-11,13-16H,7,12,17-20H2,1-2H3,(H,42,43). The number of aryl methyl sites for hydroxylation is 2. The summed E-state index contributed by atoms with van der Waals surface area (Å²) in [6, 6.07) is 20.9. The van der Waals surface area contributed by atoms with Crippen LogP contribution in [0.5, 0.6) is 5.75 Å². The van der Waals surface area contributed by atoms with E-state index in [4.69, 9.17) is 9.47 Å². The topological polar surface area (TPSA) is 78.5 Å². The van der Waals surface area contributed by atoms with Gasteiger partial charge in [-0.25, -0.2) is 13.6 Å². The van der Waals surface area contributed by atoms with Gasteiger partial charge in [0.1, 0.15) is 23.1 Å². The van der Waals surface area contributed by atoms with Gasteiger partial charge in [0.2, 0.25) is 0 Å². The molecule has 0 atom stereocenters. The van der Waals surface area contributed by atoms with Crippen molar-refractivity contribution in [2.24, 2.45) is 7.05 Å². The molecule has 0 saturated heterocycles. The van der Waals surface area contributed by atoms with E-state index in [0.717, 1.165) is 16.8 Å². The minimum absolute atomic E-state index is 0.113. The highest BCUT2D eigenvalue weighted by Gasteiger charge is 2.29. The van der Waals surface area contributed by atoms with E-state index in [1.807, 2.05) is 43.3 Å². The van der Waals surface area contributed by atoms with E-state index in [9.17, 15) is 14.3 Å². The predicted molar refractivity (Wildman–Crippen MR) is 168 cm³/mol. The lowest BCUT2D eigenvalue weighted by Gasteiger charge is -2.15. The summed E-state index contributed by atoms with van der Waals surface area (Å²) < 4.78 is 46.0. The van der Waals surface area contributed by atoms with Gasteiger partial charge in [0.05, 0.1) is 31.0 Å². The largest absolute Gasteiger partial charge is 0.493 e. The zero-order valence-corrected chi connectivity index (χ0v) is 24.9. The number of rotatable bonds is 6. The van der Waals surface area contributed by atoms with E-state index in [-0.39, 0.29) is 31.3 Å². The number of hydrogen-bond acceptors (Lipinski definition) is 4. The van der Waals surface area contributed by atoms with Gasteiger partial charge in [0.25, 0.3) is 0 Å². The SMILES string of the molecule is Cc1c2c(nn1C)COCc1ccccc1Cn1c(C(=O)O)c(CCCOc3ccc(F)c4ccccc34)c3ccc(F)c-2c31. The second-order valence-electron chi connectivity index (χ2n) is 11.4. The molecular formula is C36H31F2N3O4. The maximum Gasteiger partial charge on any atom is 0.352 e. The van der Waals surface area contributed by atoms with Crippen LogP contribution in [0.15, 0.2) is 72.8 Å². The first kappa shape index (κ1) is 28.7. The smallest absolute Gasteiger partial charge is 0.352 e. The highest BCUT2D eigenvalue weighted by molar-refractivity contribution is 6.04. The molecular weight excluding hydrogens is 576 g/mol. The first-order valence-electron chi connectivity index (χ1n) is 14.9. The van der Waals surface area contributed by atoms with E-state index in [1.54, 1.807) is 40.6 Å². The third kappa shape index (κ3) is 4.93. The molecule has 0 spiro atoms. The van der Waals surface area contributed by atoms with Gasteiger partial charge in [-0.3, -0.25) is 4.68 Å². The van der Waals surface area contributed by atoms with E-state index in [1.165, 1.54) is 12.1 Å². The van der Waals surface area contributed by atoms with Crippen LogP contribution < -0.4 is 4.74 Å². The minimum atomic E-state index is -1.09. The molecule has 1 N–H and O–H groups in total. The van der Waals surface area contributed by atoms with E-state index in [2.05, 4.69) is 5.10 Å². The molecule has 1 aliphatic heterocycles. The molecule has 2 aromatic heterocycles. The zero-order chi connectivity index (χ0) is 31.2. The highest BCUT2D eigenvalue weighted by Crippen LogP contribution is 2.41. The molecule has 0 unspecified atom stereocenters. The molecule has 0 saturated carbocycles. The Morgan fingerprint density at radius 3 is 2.44 bits per heavy atom. The number of benzene rings is 4. The molecule has 6 aromatic rings. The average Bonchev–Trinajstić information content (AvgIpc) is 3.48. The van der Waals surface area contributed by atoms with Gasteiger partial charge in [-0.15, -0.1) is 0 Å². The maximum absolute atomic E-state index is 16.1. The fourth-order valence-corrected chi connectivity index (χ4v) is 6.56. The van der Waals surface area contributed by atoms with Gasteiger partial charge in [0.15, 0.2) is 0 Å². The van der Waals surface area contributed by atoms with Gasteiger partial charge >= 0.3 is 5.97 Å². The van der Waals surface area contributed by atoms with Crippen LogP contribution in [0.25, 0.3) is 32.8 Å². The third-order valence-electron chi connectivity index (χ3n) is 8.74. The molecule has 9 heteroatoms. The van der Waals surface area contributed by atoms with Gasteiger partial charge < -0.3 is 19.1 Å². The van der Waals surface area contributed by atoms with Crippen molar-refractivity contribution in [3.05, 3.63) is 118 Å². The quantitative estimate of drug-likeness (QED) is 0.198. The zero-order valence-electron chi connectivity index (χ0n) is 24.9. The molecule has 0 radical (unpaired) electrons. The number of ether oxygens (including phenoxy) is 2. The maximum atomic E-state index is 16.1. The summed E-state index contributed by atoms with van der Waals surface area (Å²) in [5, 5.41) is 17.1. The Morgan fingerprint density at radius 1 is 0.911 bits per heavy atom. The van der Waals surface area contributed by atoms with Crippen molar-refractivity contribution in [2.75, 3.05) is 6.61 Å². The fourth-order valence-electron chi connectivity index (χ4n) is 6.56. The number of aromatic nitrogens is 3. The van der Waals surface area contributed by atoms with Crippen molar-refractivity contribution in [3.8, 4) is 16.9 Å². The van der Waals surface area contributed by atoms with Crippen LogP contribution in [0.1, 0.15) is 45.0 Å². The number of nitrogens with zero attached hydrogens (tertiary/aromatic N) is 3. The molecule has 4 aromatic carbocycles. The Labute approximate surface area is 258 Å². The molecule has 0 aliphatic carbocycles. The number of aromatic carboxylic acids is 1. The number of fused-ring (bicyclic) bond motifs is 4. The minimum Gasteiger partial charge on any atom is -0.493 e. The fraction of sp³-hybridized carbons (Fsp3) is 0.222. The van der Waals surface area contributed by atoms with E-state index in [0.29, 0.717) is 69.3 Å². The molecule has 1 aliphatic rings. The van der Waals surface area contributed by atoms with Crippen molar-refractivity contribution >= 4 is 27.6 Å². The highest BCUT2D eigenvalue weighted by atomic mass is 19.1. The Kier molecular flexibility index (Phi) is 7.33. The molecule has 45 heavy (non-hydrogen) atoms. The molecule has 7 nitrogen and oxygen atoms in total. The lowest BCUT2D eigenvalue weighted by atomic mass is 9.97. The van der Waals surface area contributed by atoms with Crippen LogP contribution in [-0.4, -0.2) is 32.0 Å². The van der Waals surface area contributed by atoms with Crippen LogP contribution in [-0.2, 0) is 38.0 Å². The summed E-state index contributed by atoms with van der Waals surface area (Å²) in [5.74, 6) is -1.31. The lowest BCUT2D eigenvalue weighted by Crippen LogP contribution is -2.13. The van der Waals surface area contributed by atoms with Crippen molar-refractivity contribution in [1.29, 1.82) is 0 Å². The average molecular weight is 608 g/mol. The van der Waals surface area contributed by atoms with Crippen LogP contribution >= 0.6 is 0 Å². The third-order valence-corrected chi connectivity index (χ3v) is 8.74. The number of hydrogen-bond donors (Lipinski definition) is 1. The number of carboxylic acids is 1. The van der Waals surface area contributed by atoms with Crippen molar-refractivity contribution < 1.29 is 28.2 Å². The monoisotopic (exact) mass is 607 g/mol. The van der Waals surface area contributed by atoms with E-state index < -0.39 is 11.8 Å². The number of halogens is 2. The molecule has 3 heterocycles. The van der Waals surface area contributed by atoms with Gasteiger partial charge in [0, 0.05) is 46.6 Å². The Bertz CT molecular complexity index is 2110. The summed E-state index contributed by atoms with van der Waals surface area (Å²) in [6.45, 7) is 2.86. The van der Waals surface area contributed by atoms with Gasteiger partial charge in [-0.05, 0) is 60.7 Å². The molecule has 7 rings (SSSR count). The van der Waals surface area contributed by atoms with Gasteiger partial charge in [-0.1, -0.05) is 48.5 Å². The van der Waals surface area contributed by atoms with Crippen LogP contribution in [0, 0.1) is 18.6 Å². The molecule has 0 amide bonds. The van der Waals surface area contributed by atoms with Crippen LogP contribution in [0.3, 0.4) is 0 Å². The Morgan fingerprint density at radius 2 is 1.64 bits per heavy atom. The molecule has 0 fully saturated rings. The predicted octanol–water partition coefficient (Wildman–Crippen LogP) is 7.57. The van der Waals surface area contributed by atoms with Crippen LogP contribution in [0.2, 0.25) is 0 Å². The Balaban J connectivity index is 1.35. The summed E-state index contributed by atoms with van der Waals surface area (Å²) in [6.07, 6.45) is 0.859. The second-order valence-corrected chi connectivity index (χ2v) is 11.4. The Hall–Kier alpha value is -5.02. The normalized spacial score (nSPS) is 13.0. The van der Waals surface area contributed by atoms with Crippen LogP contribution in [0.4, 0.5) is 8.78 Å². The van der Waals surface area contributed by atoms with Gasteiger partial charge in [-0.2, -0.15) is 5.10 Å². The van der Waals surface area contributed by atoms with Crippen molar-refractivity contribution in [2.45, 2.75) is 39.5 Å². The van der Waals surface area contributed by atoms with Crippen molar-refractivity contribution in [1.82, 2.24) is 14.3 Å². The number of carboxylic acid groups (broad SMARTS) is 1. The lowest BCUT2D eigenvalue weighted by molar-refractivity contribution is 0.0684.